The van der Waals surface area contributed by atoms with E-state index in [1.807, 2.05) is 0 Å². The monoisotopic (exact) mass is 337 g/mol. The van der Waals surface area contributed by atoms with Crippen LogP contribution in [0.2, 0.25) is 0 Å². The number of anilines is 2. The second-order valence-electron chi connectivity index (χ2n) is 4.49. The van der Waals surface area contributed by atoms with Gasteiger partial charge >= 0.3 is 0 Å². The fourth-order valence-corrected chi connectivity index (χ4v) is 3.02. The molecule has 0 fully saturated rings. The Bertz CT molecular complexity index is 568. The zero-order valence-corrected chi connectivity index (χ0v) is 13.5. The molecule has 0 bridgehead atoms. The van der Waals surface area contributed by atoms with Crippen molar-refractivity contribution in [3.05, 3.63) is 58.1 Å². The highest BCUT2D eigenvalue weighted by Gasteiger charge is 2.09. The Morgan fingerprint density at radius 2 is 1.84 bits per heavy atom. The van der Waals surface area contributed by atoms with Crippen molar-refractivity contribution < 1.29 is 0 Å². The predicted octanol–water partition coefficient (Wildman–Crippen LogP) is 5.65. The minimum atomic E-state index is 0.525. The predicted molar refractivity (Wildman–Crippen MR) is 87.6 cm³/mol. The molecule has 0 aliphatic heterocycles. The standard InChI is InChI=1S/C16H17BrClN/c1-3-19(14-6-4-5-12(2)9-14)15-8-7-13(11-18)16(17)10-15/h4-10H,3,11H2,1-2H3. The third-order valence-corrected chi connectivity index (χ3v) is 4.15. The van der Waals surface area contributed by atoms with Crippen LogP contribution in [0.4, 0.5) is 11.4 Å². The molecule has 0 radical (unpaired) electrons. The third kappa shape index (κ3) is 3.31. The number of aryl methyl sites for hydroxylation is 1. The summed E-state index contributed by atoms with van der Waals surface area (Å²) in [5, 5.41) is 0. The maximum atomic E-state index is 5.89. The zero-order chi connectivity index (χ0) is 13.8. The average Bonchev–Trinajstić information content (AvgIpc) is 2.40. The molecular weight excluding hydrogens is 322 g/mol. The molecule has 2 aromatic rings. The van der Waals surface area contributed by atoms with E-state index in [-0.39, 0.29) is 0 Å². The lowest BCUT2D eigenvalue weighted by Crippen LogP contribution is -2.16. The number of nitrogens with zero attached hydrogens (tertiary/aromatic N) is 1. The molecule has 0 unspecified atom stereocenters. The van der Waals surface area contributed by atoms with Gasteiger partial charge < -0.3 is 4.90 Å². The van der Waals surface area contributed by atoms with Gasteiger partial charge in [-0.25, -0.2) is 0 Å². The second kappa shape index (κ2) is 6.44. The molecule has 0 saturated heterocycles. The van der Waals surface area contributed by atoms with E-state index in [1.54, 1.807) is 0 Å². The topological polar surface area (TPSA) is 3.24 Å². The lowest BCUT2D eigenvalue weighted by atomic mass is 10.1. The summed E-state index contributed by atoms with van der Waals surface area (Å²) in [4.78, 5) is 2.29. The summed E-state index contributed by atoms with van der Waals surface area (Å²) in [6, 6.07) is 14.9. The fraction of sp³-hybridized carbons (Fsp3) is 0.250. The molecule has 0 spiro atoms. The quantitative estimate of drug-likeness (QED) is 0.651. The Kier molecular flexibility index (Phi) is 4.89. The van der Waals surface area contributed by atoms with E-state index in [2.05, 4.69) is 77.1 Å². The van der Waals surface area contributed by atoms with Crippen molar-refractivity contribution in [2.75, 3.05) is 11.4 Å². The third-order valence-electron chi connectivity index (χ3n) is 3.12. The summed E-state index contributed by atoms with van der Waals surface area (Å²) < 4.78 is 1.06. The summed E-state index contributed by atoms with van der Waals surface area (Å²) in [5.41, 5.74) is 4.78. The van der Waals surface area contributed by atoms with Gasteiger partial charge in [-0.15, -0.1) is 11.6 Å². The van der Waals surface area contributed by atoms with E-state index in [0.717, 1.165) is 16.6 Å². The Morgan fingerprint density at radius 1 is 1.11 bits per heavy atom. The first kappa shape index (κ1) is 14.4. The van der Waals surface area contributed by atoms with E-state index in [1.165, 1.54) is 16.9 Å². The SMILES string of the molecule is CCN(c1cccc(C)c1)c1ccc(CCl)c(Br)c1. The lowest BCUT2D eigenvalue weighted by molar-refractivity contribution is 1.02. The molecular formula is C16H17BrClN. The van der Waals surface area contributed by atoms with Gasteiger partial charge in [-0.2, -0.15) is 0 Å². The van der Waals surface area contributed by atoms with Crippen LogP contribution >= 0.6 is 27.5 Å². The van der Waals surface area contributed by atoms with Gasteiger partial charge in [0.1, 0.15) is 0 Å². The molecule has 2 rings (SSSR count). The first-order valence-electron chi connectivity index (χ1n) is 6.34. The van der Waals surface area contributed by atoms with E-state index in [4.69, 9.17) is 11.6 Å². The van der Waals surface area contributed by atoms with Crippen LogP contribution in [0.3, 0.4) is 0 Å². The van der Waals surface area contributed by atoms with Gasteiger partial charge in [-0.3, -0.25) is 0 Å². The molecule has 3 heteroatoms. The summed E-state index contributed by atoms with van der Waals surface area (Å²) in [5.74, 6) is 0.525. The van der Waals surface area contributed by atoms with E-state index in [9.17, 15) is 0 Å². The van der Waals surface area contributed by atoms with Crippen LogP contribution in [0.5, 0.6) is 0 Å². The Hall–Kier alpha value is -0.990. The van der Waals surface area contributed by atoms with Crippen LogP contribution in [0.1, 0.15) is 18.1 Å². The molecule has 0 saturated carbocycles. The highest BCUT2D eigenvalue weighted by Crippen LogP contribution is 2.30. The van der Waals surface area contributed by atoms with Crippen LogP contribution in [0.25, 0.3) is 0 Å². The first-order valence-corrected chi connectivity index (χ1v) is 7.67. The van der Waals surface area contributed by atoms with Crippen molar-refractivity contribution in [3.63, 3.8) is 0 Å². The lowest BCUT2D eigenvalue weighted by Gasteiger charge is -2.24. The molecule has 0 aromatic heterocycles. The number of rotatable bonds is 4. The molecule has 0 heterocycles. The highest BCUT2D eigenvalue weighted by molar-refractivity contribution is 9.10. The molecule has 0 amide bonds. The fourth-order valence-electron chi connectivity index (χ4n) is 2.12. The van der Waals surface area contributed by atoms with E-state index < -0.39 is 0 Å². The van der Waals surface area contributed by atoms with Gasteiger partial charge in [-0.1, -0.05) is 34.1 Å². The maximum absolute atomic E-state index is 5.89. The van der Waals surface area contributed by atoms with Crippen LogP contribution in [-0.4, -0.2) is 6.54 Å². The van der Waals surface area contributed by atoms with E-state index >= 15 is 0 Å². The number of hydrogen-bond acceptors (Lipinski definition) is 1. The van der Waals surface area contributed by atoms with E-state index in [0.29, 0.717) is 5.88 Å². The van der Waals surface area contributed by atoms with Gasteiger partial charge in [0.05, 0.1) is 0 Å². The number of hydrogen-bond donors (Lipinski definition) is 0. The van der Waals surface area contributed by atoms with Gasteiger partial charge in [0.2, 0.25) is 0 Å². The molecule has 2 aromatic carbocycles. The van der Waals surface area contributed by atoms with Crippen LogP contribution < -0.4 is 4.90 Å². The molecule has 100 valence electrons. The van der Waals surface area contributed by atoms with Crippen molar-refractivity contribution >= 4 is 38.9 Å². The Balaban J connectivity index is 2.39. The van der Waals surface area contributed by atoms with Crippen LogP contribution in [0, 0.1) is 6.92 Å². The summed E-state index contributed by atoms with van der Waals surface area (Å²) in [6.07, 6.45) is 0. The number of alkyl halides is 1. The summed E-state index contributed by atoms with van der Waals surface area (Å²) in [6.45, 7) is 5.20. The largest absolute Gasteiger partial charge is 0.342 e. The Labute approximate surface area is 128 Å². The summed E-state index contributed by atoms with van der Waals surface area (Å²) >= 11 is 9.47. The first-order chi connectivity index (χ1) is 9.15. The van der Waals surface area contributed by atoms with Gasteiger partial charge in [0, 0.05) is 28.3 Å². The van der Waals surface area contributed by atoms with Crippen molar-refractivity contribution in [1.82, 2.24) is 0 Å². The van der Waals surface area contributed by atoms with Crippen molar-refractivity contribution in [1.29, 1.82) is 0 Å². The molecule has 0 aliphatic rings. The van der Waals surface area contributed by atoms with Crippen molar-refractivity contribution in [3.8, 4) is 0 Å². The second-order valence-corrected chi connectivity index (χ2v) is 5.61. The molecule has 19 heavy (non-hydrogen) atoms. The van der Waals surface area contributed by atoms with Gasteiger partial charge in [0.15, 0.2) is 0 Å². The van der Waals surface area contributed by atoms with Gasteiger partial charge in [0.25, 0.3) is 0 Å². The normalized spacial score (nSPS) is 10.5. The maximum Gasteiger partial charge on any atom is 0.0485 e. The van der Waals surface area contributed by atoms with Crippen LogP contribution in [0.15, 0.2) is 46.9 Å². The smallest absolute Gasteiger partial charge is 0.0485 e. The molecule has 0 aliphatic carbocycles. The van der Waals surface area contributed by atoms with Crippen LogP contribution in [-0.2, 0) is 5.88 Å². The minimum absolute atomic E-state index is 0.525. The van der Waals surface area contributed by atoms with Crippen molar-refractivity contribution in [2.45, 2.75) is 19.7 Å². The molecule has 0 N–H and O–H groups in total. The van der Waals surface area contributed by atoms with Gasteiger partial charge in [-0.05, 0) is 49.2 Å². The number of halogens is 2. The minimum Gasteiger partial charge on any atom is -0.342 e. The summed E-state index contributed by atoms with van der Waals surface area (Å²) in [7, 11) is 0. The zero-order valence-electron chi connectivity index (χ0n) is 11.2. The molecule has 0 atom stereocenters. The highest BCUT2D eigenvalue weighted by atomic mass is 79.9. The number of benzene rings is 2. The Morgan fingerprint density at radius 3 is 2.42 bits per heavy atom. The molecule has 1 nitrogen and oxygen atoms in total. The average molecular weight is 339 g/mol. The van der Waals surface area contributed by atoms with Crippen molar-refractivity contribution in [2.24, 2.45) is 0 Å².